The van der Waals surface area contributed by atoms with Gasteiger partial charge in [0.15, 0.2) is 11.5 Å². The first-order valence-electron chi connectivity index (χ1n) is 14.7. The minimum atomic E-state index is -1.04. The highest BCUT2D eigenvalue weighted by atomic mass is 16.7. The molecule has 13 nitrogen and oxygen atoms in total. The zero-order valence-corrected chi connectivity index (χ0v) is 24.5. The molecule has 0 spiro atoms. The lowest BCUT2D eigenvalue weighted by molar-refractivity contribution is -0.144. The number of aliphatic hydroxyl groups is 1. The molecule has 2 saturated heterocycles. The van der Waals surface area contributed by atoms with E-state index in [1.54, 1.807) is 24.1 Å². The third kappa shape index (κ3) is 6.79. The summed E-state index contributed by atoms with van der Waals surface area (Å²) in [5.41, 5.74) is 6.87. The molecule has 0 unspecified atom stereocenters. The number of carbonyl (C=O) groups excluding carboxylic acids is 3. The van der Waals surface area contributed by atoms with Gasteiger partial charge in [-0.3, -0.25) is 24.2 Å². The molecule has 232 valence electrons. The molecular formula is C29H43N5O8. The van der Waals surface area contributed by atoms with E-state index < -0.39 is 29.9 Å². The van der Waals surface area contributed by atoms with E-state index in [4.69, 9.17) is 15.2 Å². The van der Waals surface area contributed by atoms with Crippen LogP contribution < -0.4 is 15.2 Å². The van der Waals surface area contributed by atoms with E-state index in [9.17, 15) is 29.4 Å². The van der Waals surface area contributed by atoms with Crippen LogP contribution >= 0.6 is 0 Å². The van der Waals surface area contributed by atoms with Crippen molar-refractivity contribution in [2.24, 2.45) is 11.7 Å². The number of ether oxygens (including phenoxy) is 2. The molecular weight excluding hydrogens is 546 g/mol. The van der Waals surface area contributed by atoms with Crippen LogP contribution in [0.25, 0.3) is 0 Å². The number of carboxylic acid groups (broad SMARTS) is 1. The minimum Gasteiger partial charge on any atom is -0.481 e. The first kappa shape index (κ1) is 31.5. The van der Waals surface area contributed by atoms with Crippen LogP contribution in [-0.4, -0.2) is 119 Å². The Bertz CT molecular complexity index is 1160. The number of rotatable bonds is 14. The number of unbranched alkanes of at least 4 members (excludes halogenated alkanes) is 1. The van der Waals surface area contributed by atoms with Gasteiger partial charge in [0.1, 0.15) is 0 Å². The maximum atomic E-state index is 13.6. The Balaban J connectivity index is 1.64. The van der Waals surface area contributed by atoms with Crippen LogP contribution in [0.5, 0.6) is 11.5 Å². The number of aliphatic hydroxyl groups excluding tert-OH is 1. The molecule has 1 aromatic carbocycles. The molecule has 4 rings (SSSR count). The highest BCUT2D eigenvalue weighted by molar-refractivity contribution is 5.96. The van der Waals surface area contributed by atoms with Gasteiger partial charge in [-0.25, -0.2) is 4.79 Å². The molecule has 4 N–H and O–H groups in total. The van der Waals surface area contributed by atoms with Crippen LogP contribution in [0.4, 0.5) is 4.79 Å². The lowest BCUT2D eigenvalue weighted by Crippen LogP contribution is -2.52. The molecule has 4 amide bonds. The number of benzene rings is 1. The van der Waals surface area contributed by atoms with Gasteiger partial charge in [-0.2, -0.15) is 0 Å². The average Bonchev–Trinajstić information content (AvgIpc) is 3.59. The van der Waals surface area contributed by atoms with Gasteiger partial charge in [-0.05, 0) is 43.5 Å². The quantitative estimate of drug-likeness (QED) is 0.285. The Hall–Kier alpha value is -3.42. The summed E-state index contributed by atoms with van der Waals surface area (Å²) in [6, 6.07) is 2.44. The molecule has 13 heteroatoms. The first-order chi connectivity index (χ1) is 20.2. The third-order valence-corrected chi connectivity index (χ3v) is 8.48. The summed E-state index contributed by atoms with van der Waals surface area (Å²) >= 11 is 0. The third-order valence-electron chi connectivity index (χ3n) is 8.48. The molecule has 2 fully saturated rings. The van der Waals surface area contributed by atoms with Crippen LogP contribution in [0.1, 0.15) is 56.1 Å². The number of carboxylic acids is 1. The van der Waals surface area contributed by atoms with Crippen LogP contribution in [0.15, 0.2) is 12.1 Å². The number of likely N-dealkylation sites (tertiary alicyclic amines) is 1. The molecule has 3 heterocycles. The van der Waals surface area contributed by atoms with E-state index in [1.807, 2.05) is 4.90 Å². The van der Waals surface area contributed by atoms with Gasteiger partial charge in [-0.15, -0.1) is 0 Å². The largest absolute Gasteiger partial charge is 0.481 e. The fourth-order valence-corrected chi connectivity index (χ4v) is 6.18. The number of hydrogen-bond acceptors (Lipinski definition) is 9. The summed E-state index contributed by atoms with van der Waals surface area (Å²) in [4.78, 5) is 58.1. The van der Waals surface area contributed by atoms with Gasteiger partial charge in [0.05, 0.1) is 19.1 Å². The SMILES string of the molecule is CCCCN(CCCN)C(=O)CN1C[C@H](c2cc(CO)c3c(c2)OCO3)[C@@H](C(=O)O)[C@@H]1CCN1C(=O)CCN(C)C1=O. The van der Waals surface area contributed by atoms with Crippen LogP contribution in [0.2, 0.25) is 0 Å². The zero-order valence-electron chi connectivity index (χ0n) is 24.5. The molecule has 0 bridgehead atoms. The Morgan fingerprint density at radius 1 is 1.17 bits per heavy atom. The van der Waals surface area contributed by atoms with Crippen LogP contribution in [0, 0.1) is 5.92 Å². The molecule has 0 saturated carbocycles. The van der Waals surface area contributed by atoms with E-state index in [1.165, 1.54) is 9.80 Å². The number of imide groups is 1. The molecule has 3 aliphatic rings. The first-order valence-corrected chi connectivity index (χ1v) is 14.7. The Labute approximate surface area is 246 Å². The Morgan fingerprint density at radius 3 is 2.62 bits per heavy atom. The van der Waals surface area contributed by atoms with Crippen molar-refractivity contribution in [2.45, 2.75) is 57.6 Å². The fourth-order valence-electron chi connectivity index (χ4n) is 6.18. The zero-order chi connectivity index (χ0) is 30.4. The van der Waals surface area contributed by atoms with E-state index in [2.05, 4.69) is 6.92 Å². The van der Waals surface area contributed by atoms with E-state index >= 15 is 0 Å². The number of nitrogens with zero attached hydrogens (tertiary/aromatic N) is 4. The second-order valence-electron chi connectivity index (χ2n) is 11.2. The number of hydrogen-bond donors (Lipinski definition) is 3. The minimum absolute atomic E-state index is 0.00155. The van der Waals surface area contributed by atoms with Gasteiger partial charge in [-0.1, -0.05) is 13.3 Å². The van der Waals surface area contributed by atoms with Gasteiger partial charge in [0.25, 0.3) is 0 Å². The van der Waals surface area contributed by atoms with Crippen molar-refractivity contribution in [3.8, 4) is 11.5 Å². The lowest BCUT2D eigenvalue weighted by atomic mass is 9.83. The maximum Gasteiger partial charge on any atom is 0.326 e. The molecule has 0 radical (unpaired) electrons. The molecule has 3 aliphatic heterocycles. The lowest BCUT2D eigenvalue weighted by Gasteiger charge is -2.34. The summed E-state index contributed by atoms with van der Waals surface area (Å²) in [6.45, 7) is 3.95. The van der Waals surface area contributed by atoms with Gasteiger partial charge >= 0.3 is 12.0 Å². The second kappa shape index (κ2) is 14.2. The summed E-state index contributed by atoms with van der Waals surface area (Å²) in [5, 5.41) is 20.5. The number of urea groups is 1. The number of nitrogens with two attached hydrogens (primary N) is 1. The van der Waals surface area contributed by atoms with Gasteiger partial charge < -0.3 is 35.2 Å². The van der Waals surface area contributed by atoms with Crippen molar-refractivity contribution < 1.29 is 38.9 Å². The van der Waals surface area contributed by atoms with Crippen molar-refractivity contribution in [3.05, 3.63) is 23.3 Å². The predicted molar refractivity (Wildman–Crippen MR) is 152 cm³/mol. The Morgan fingerprint density at radius 2 is 1.93 bits per heavy atom. The van der Waals surface area contributed by atoms with E-state index in [0.717, 1.165) is 12.8 Å². The van der Waals surface area contributed by atoms with Crippen molar-refractivity contribution in [1.82, 2.24) is 19.6 Å². The predicted octanol–water partition coefficient (Wildman–Crippen LogP) is 1.03. The van der Waals surface area contributed by atoms with E-state index in [-0.39, 0.29) is 57.7 Å². The van der Waals surface area contributed by atoms with Gasteiger partial charge in [0.2, 0.25) is 18.6 Å². The number of amides is 4. The highest BCUT2D eigenvalue weighted by Crippen LogP contribution is 2.44. The van der Waals surface area contributed by atoms with Crippen LogP contribution in [-0.2, 0) is 21.0 Å². The van der Waals surface area contributed by atoms with Crippen LogP contribution in [0.3, 0.4) is 0 Å². The number of aliphatic carboxylic acids is 1. The summed E-state index contributed by atoms with van der Waals surface area (Å²) < 4.78 is 11.1. The van der Waals surface area contributed by atoms with Gasteiger partial charge in [0, 0.05) is 63.7 Å². The molecule has 1 aromatic rings. The second-order valence-corrected chi connectivity index (χ2v) is 11.2. The topological polar surface area (TPSA) is 166 Å². The molecule has 42 heavy (non-hydrogen) atoms. The van der Waals surface area contributed by atoms with E-state index in [0.29, 0.717) is 55.2 Å². The van der Waals surface area contributed by atoms with Crippen molar-refractivity contribution in [3.63, 3.8) is 0 Å². The highest BCUT2D eigenvalue weighted by Gasteiger charge is 2.48. The maximum absolute atomic E-state index is 13.6. The normalized spacial score (nSPS) is 22.2. The summed E-state index contributed by atoms with van der Waals surface area (Å²) in [7, 11) is 1.63. The van der Waals surface area contributed by atoms with Crippen molar-refractivity contribution in [2.75, 3.05) is 59.7 Å². The average molecular weight is 590 g/mol. The molecule has 3 atom stereocenters. The summed E-state index contributed by atoms with van der Waals surface area (Å²) in [6.07, 6.45) is 2.82. The smallest absolute Gasteiger partial charge is 0.326 e. The molecule has 0 aliphatic carbocycles. The standard InChI is InChI=1S/C29H43N5O8/c1-3-4-9-32(10-5-8-30)25(37)16-33-15-21(19-13-20(17-35)27-23(14-19)41-18-42-27)26(28(38)39)22(33)6-12-34-24(36)7-11-31(2)29(34)40/h13-14,21-22,26,35H,3-12,15-18,30H2,1-2H3,(H,38,39)/t21-,22+,26-/m1/s1. The Kier molecular flexibility index (Phi) is 10.6. The van der Waals surface area contributed by atoms with Crippen molar-refractivity contribution in [1.29, 1.82) is 0 Å². The molecule has 0 aromatic heterocycles. The van der Waals surface area contributed by atoms with Crippen molar-refractivity contribution >= 4 is 23.8 Å². The number of fused-ring (bicyclic) bond motifs is 1. The number of carbonyl (C=O) groups is 4. The summed E-state index contributed by atoms with van der Waals surface area (Å²) in [5.74, 6) is -2.05. The monoisotopic (exact) mass is 589 g/mol. The fraction of sp³-hybridized carbons (Fsp3) is 0.655.